The van der Waals surface area contributed by atoms with Crippen LogP contribution in [0.3, 0.4) is 0 Å². The molecular formula is C8H17O6P. The van der Waals surface area contributed by atoms with Crippen LogP contribution in [0.5, 0.6) is 0 Å². The van der Waals surface area contributed by atoms with E-state index in [2.05, 4.69) is 4.52 Å². The minimum absolute atomic E-state index is 0.0377. The van der Waals surface area contributed by atoms with Gasteiger partial charge in [-0.1, -0.05) is 0 Å². The number of phosphoric ester groups is 1. The Morgan fingerprint density at radius 1 is 1.40 bits per heavy atom. The Bertz CT molecular complexity index is 244. The van der Waals surface area contributed by atoms with Gasteiger partial charge in [-0.05, 0) is 13.8 Å². The third-order valence-corrected chi connectivity index (χ3v) is 2.54. The van der Waals surface area contributed by atoms with Crippen molar-refractivity contribution in [3.8, 4) is 0 Å². The van der Waals surface area contributed by atoms with Crippen LogP contribution in [-0.2, 0) is 18.6 Å². The van der Waals surface area contributed by atoms with Crippen molar-refractivity contribution in [3.05, 3.63) is 0 Å². The van der Waals surface area contributed by atoms with Gasteiger partial charge in [0.1, 0.15) is 0 Å². The number of ether oxygens (including phenoxy) is 2. The smallest absolute Gasteiger partial charge is 0.380 e. The maximum absolute atomic E-state index is 10.5. The molecule has 0 saturated carbocycles. The summed E-state index contributed by atoms with van der Waals surface area (Å²) in [5, 5.41) is 0. The first-order chi connectivity index (χ1) is 6.83. The van der Waals surface area contributed by atoms with Crippen molar-refractivity contribution in [2.24, 2.45) is 5.41 Å². The number of phosphoric acid groups is 1. The topological polar surface area (TPSA) is 85.2 Å². The molecule has 0 aromatic heterocycles. The van der Waals surface area contributed by atoms with E-state index in [0.717, 1.165) is 0 Å². The van der Waals surface area contributed by atoms with Gasteiger partial charge >= 0.3 is 7.82 Å². The minimum Gasteiger partial charge on any atom is -0.380 e. The van der Waals surface area contributed by atoms with Crippen LogP contribution in [0.1, 0.15) is 13.8 Å². The normalized spacial score (nSPS) is 20.3. The summed E-state index contributed by atoms with van der Waals surface area (Å²) in [4.78, 5) is 17.2. The Balaban J connectivity index is 2.36. The van der Waals surface area contributed by atoms with Gasteiger partial charge in [0, 0.05) is 0 Å². The molecular weight excluding hydrogens is 223 g/mol. The quantitative estimate of drug-likeness (QED) is 0.659. The van der Waals surface area contributed by atoms with Crippen molar-refractivity contribution >= 4 is 7.82 Å². The average Bonchev–Trinajstić information content (AvgIpc) is 1.99. The molecule has 15 heavy (non-hydrogen) atoms. The molecule has 1 aliphatic heterocycles. The first-order valence-corrected chi connectivity index (χ1v) is 6.25. The number of rotatable bonds is 6. The molecule has 0 bridgehead atoms. The van der Waals surface area contributed by atoms with E-state index in [1.807, 2.05) is 13.8 Å². The second kappa shape index (κ2) is 4.91. The summed E-state index contributed by atoms with van der Waals surface area (Å²) in [6.45, 7) is 4.99. The predicted molar refractivity (Wildman–Crippen MR) is 52.3 cm³/mol. The molecule has 0 aromatic carbocycles. The van der Waals surface area contributed by atoms with Crippen molar-refractivity contribution in [2.45, 2.75) is 20.0 Å². The molecule has 7 heteroatoms. The van der Waals surface area contributed by atoms with Gasteiger partial charge in [0.05, 0.1) is 37.9 Å². The summed E-state index contributed by atoms with van der Waals surface area (Å²) in [6.07, 6.45) is 0.0810. The summed E-state index contributed by atoms with van der Waals surface area (Å²) in [5.74, 6) is 0. The molecule has 1 fully saturated rings. The SMILES string of the molecule is CC(C)OCC1(COP(=O)(O)O)COC1. The van der Waals surface area contributed by atoms with Crippen molar-refractivity contribution < 1.29 is 28.3 Å². The maximum atomic E-state index is 10.5. The lowest BCUT2D eigenvalue weighted by molar-refractivity contribution is -0.172. The molecule has 0 aliphatic carbocycles. The lowest BCUT2D eigenvalue weighted by Crippen LogP contribution is -2.50. The summed E-state index contributed by atoms with van der Waals surface area (Å²) in [7, 11) is -4.40. The van der Waals surface area contributed by atoms with E-state index in [9.17, 15) is 4.57 Å². The summed E-state index contributed by atoms with van der Waals surface area (Å²) < 4.78 is 25.4. The molecule has 1 aliphatic rings. The van der Waals surface area contributed by atoms with Crippen molar-refractivity contribution in [2.75, 3.05) is 26.4 Å². The summed E-state index contributed by atoms with van der Waals surface area (Å²) in [5.41, 5.74) is -0.397. The Morgan fingerprint density at radius 3 is 2.33 bits per heavy atom. The average molecular weight is 240 g/mol. The second-order valence-electron chi connectivity index (χ2n) is 4.12. The zero-order valence-corrected chi connectivity index (χ0v) is 9.77. The van der Waals surface area contributed by atoms with Gasteiger partial charge in [-0.2, -0.15) is 0 Å². The molecule has 90 valence electrons. The molecule has 0 spiro atoms. The Kier molecular flexibility index (Phi) is 4.29. The molecule has 0 unspecified atom stereocenters. The molecule has 6 nitrogen and oxygen atoms in total. The van der Waals surface area contributed by atoms with Gasteiger partial charge in [0.2, 0.25) is 0 Å². The van der Waals surface area contributed by atoms with Gasteiger partial charge in [-0.3, -0.25) is 4.52 Å². The first-order valence-electron chi connectivity index (χ1n) is 4.72. The molecule has 1 rings (SSSR count). The molecule has 0 aromatic rings. The van der Waals surface area contributed by atoms with E-state index in [-0.39, 0.29) is 12.7 Å². The van der Waals surface area contributed by atoms with Crippen molar-refractivity contribution in [1.29, 1.82) is 0 Å². The van der Waals surface area contributed by atoms with E-state index in [0.29, 0.717) is 19.8 Å². The van der Waals surface area contributed by atoms with Crippen LogP contribution in [0.15, 0.2) is 0 Å². The van der Waals surface area contributed by atoms with Gasteiger partial charge in [-0.25, -0.2) is 4.57 Å². The fraction of sp³-hybridized carbons (Fsp3) is 1.00. The van der Waals surface area contributed by atoms with Crippen LogP contribution in [0.25, 0.3) is 0 Å². The highest BCUT2D eigenvalue weighted by molar-refractivity contribution is 7.46. The van der Waals surface area contributed by atoms with Gasteiger partial charge in [0.25, 0.3) is 0 Å². The highest BCUT2D eigenvalue weighted by Gasteiger charge is 2.41. The van der Waals surface area contributed by atoms with Crippen LogP contribution < -0.4 is 0 Å². The summed E-state index contributed by atoms with van der Waals surface area (Å²) >= 11 is 0. The second-order valence-corrected chi connectivity index (χ2v) is 5.36. The molecule has 1 saturated heterocycles. The van der Waals surface area contributed by atoms with Crippen LogP contribution in [0.4, 0.5) is 0 Å². The predicted octanol–water partition coefficient (Wildman–Crippen LogP) is 0.537. The summed E-state index contributed by atoms with van der Waals surface area (Å²) in [6, 6.07) is 0. The third-order valence-electron chi connectivity index (χ3n) is 2.08. The standard InChI is InChI=1S/C8H17O6P/c1-7(2)13-5-8(3-12-4-8)6-14-15(9,10)11/h7H,3-6H2,1-2H3,(H2,9,10,11). The highest BCUT2D eigenvalue weighted by atomic mass is 31.2. The van der Waals surface area contributed by atoms with Crippen LogP contribution in [0.2, 0.25) is 0 Å². The third kappa shape index (κ3) is 4.59. The van der Waals surface area contributed by atoms with Gasteiger partial charge in [-0.15, -0.1) is 0 Å². The monoisotopic (exact) mass is 240 g/mol. The number of hydrogen-bond acceptors (Lipinski definition) is 4. The first kappa shape index (κ1) is 13.1. The molecule has 0 radical (unpaired) electrons. The van der Waals surface area contributed by atoms with E-state index in [1.165, 1.54) is 0 Å². The zero-order chi connectivity index (χ0) is 11.5. The van der Waals surface area contributed by atoms with Crippen LogP contribution >= 0.6 is 7.82 Å². The molecule has 2 N–H and O–H groups in total. The zero-order valence-electron chi connectivity index (χ0n) is 8.88. The lowest BCUT2D eigenvalue weighted by atomic mass is 9.88. The Hall–Kier alpha value is 0.0300. The van der Waals surface area contributed by atoms with Crippen molar-refractivity contribution in [1.82, 2.24) is 0 Å². The minimum atomic E-state index is -4.40. The van der Waals surface area contributed by atoms with Crippen LogP contribution in [-0.4, -0.2) is 42.3 Å². The highest BCUT2D eigenvalue weighted by Crippen LogP contribution is 2.40. The molecule has 0 amide bonds. The van der Waals surface area contributed by atoms with E-state index < -0.39 is 13.2 Å². The largest absolute Gasteiger partial charge is 0.469 e. The van der Waals surface area contributed by atoms with Crippen molar-refractivity contribution in [3.63, 3.8) is 0 Å². The van der Waals surface area contributed by atoms with E-state index in [4.69, 9.17) is 19.3 Å². The number of hydrogen-bond donors (Lipinski definition) is 2. The fourth-order valence-electron chi connectivity index (χ4n) is 1.16. The molecule has 0 atom stereocenters. The Labute approximate surface area is 88.8 Å². The van der Waals surface area contributed by atoms with Gasteiger partial charge in [0.15, 0.2) is 0 Å². The fourth-order valence-corrected chi connectivity index (χ4v) is 1.61. The van der Waals surface area contributed by atoms with Gasteiger partial charge < -0.3 is 19.3 Å². The van der Waals surface area contributed by atoms with E-state index in [1.54, 1.807) is 0 Å². The van der Waals surface area contributed by atoms with Crippen LogP contribution in [0, 0.1) is 5.41 Å². The van der Waals surface area contributed by atoms with E-state index >= 15 is 0 Å². The molecule has 1 heterocycles. The Morgan fingerprint density at radius 2 is 2.00 bits per heavy atom. The lowest BCUT2D eigenvalue weighted by Gasteiger charge is -2.40. The maximum Gasteiger partial charge on any atom is 0.469 e.